The fourth-order valence-electron chi connectivity index (χ4n) is 1.66. The third kappa shape index (κ3) is 5.09. The maximum absolute atomic E-state index is 11.8. The van der Waals surface area contributed by atoms with Crippen molar-refractivity contribution in [2.75, 3.05) is 18.9 Å². The molecule has 0 aliphatic rings. The van der Waals surface area contributed by atoms with E-state index in [4.69, 9.17) is 0 Å². The number of aliphatic hydroxyl groups is 1. The Balaban J connectivity index is 2.64. The summed E-state index contributed by atoms with van der Waals surface area (Å²) in [6, 6.07) is 6.36. The van der Waals surface area contributed by atoms with Gasteiger partial charge in [0.2, 0.25) is 0 Å². The quantitative estimate of drug-likeness (QED) is 0.818. The summed E-state index contributed by atoms with van der Waals surface area (Å²) < 4.78 is 0. The Morgan fingerprint density at radius 3 is 2.21 bits per heavy atom. The van der Waals surface area contributed by atoms with Gasteiger partial charge in [0.05, 0.1) is 12.1 Å². The number of benzene rings is 1. The number of nitrogens with zero attached hydrogens (tertiary/aromatic N) is 1. The molecule has 0 heterocycles. The van der Waals surface area contributed by atoms with Gasteiger partial charge in [0.1, 0.15) is 0 Å². The summed E-state index contributed by atoms with van der Waals surface area (Å²) in [6.45, 7) is 4.99. The summed E-state index contributed by atoms with van der Waals surface area (Å²) in [5, 5.41) is 12.3. The van der Waals surface area contributed by atoms with Crippen LogP contribution in [0.25, 0.3) is 0 Å². The number of nitrogens with one attached hydrogen (secondary N) is 1. The number of ketones is 1. The van der Waals surface area contributed by atoms with Gasteiger partial charge in [0, 0.05) is 18.3 Å². The number of carbonyl (C=O) groups is 2. The zero-order valence-corrected chi connectivity index (χ0v) is 11.7. The van der Waals surface area contributed by atoms with Crippen LogP contribution in [0, 0.1) is 0 Å². The minimum absolute atomic E-state index is 0.0166. The van der Waals surface area contributed by atoms with Crippen LogP contribution in [0.4, 0.5) is 10.5 Å². The highest BCUT2D eigenvalue weighted by Crippen LogP contribution is 2.11. The Kier molecular flexibility index (Phi) is 4.67. The van der Waals surface area contributed by atoms with Crippen LogP contribution in [0.2, 0.25) is 0 Å². The topological polar surface area (TPSA) is 69.6 Å². The first kappa shape index (κ1) is 15.2. The molecule has 0 radical (unpaired) electrons. The van der Waals surface area contributed by atoms with E-state index in [9.17, 15) is 14.7 Å². The van der Waals surface area contributed by atoms with Crippen LogP contribution in [-0.4, -0.2) is 41.0 Å². The summed E-state index contributed by atoms with van der Waals surface area (Å²) in [5.41, 5.74) is 0.269. The number of carbonyl (C=O) groups excluding carboxylic acids is 2. The molecular weight excluding hydrogens is 244 g/mol. The SMILES string of the molecule is CC(=O)c1ccc(NC(=O)N(C)CC(C)(C)O)cc1. The molecule has 2 N–H and O–H groups in total. The summed E-state index contributed by atoms with van der Waals surface area (Å²) in [7, 11) is 1.61. The molecule has 19 heavy (non-hydrogen) atoms. The zero-order valence-electron chi connectivity index (χ0n) is 11.7. The summed E-state index contributed by atoms with van der Waals surface area (Å²) in [5.74, 6) is -0.0166. The standard InChI is InChI=1S/C14H20N2O3/c1-10(17)11-5-7-12(8-6-11)15-13(18)16(4)9-14(2,3)19/h5-8,19H,9H2,1-4H3,(H,15,18). The number of urea groups is 1. The molecule has 1 aromatic carbocycles. The summed E-state index contributed by atoms with van der Waals surface area (Å²) >= 11 is 0. The average molecular weight is 264 g/mol. The smallest absolute Gasteiger partial charge is 0.321 e. The molecule has 1 aromatic rings. The van der Waals surface area contributed by atoms with Crippen molar-refractivity contribution in [3.63, 3.8) is 0 Å². The molecule has 5 nitrogen and oxygen atoms in total. The van der Waals surface area contributed by atoms with Crippen LogP contribution in [-0.2, 0) is 0 Å². The largest absolute Gasteiger partial charge is 0.389 e. The Morgan fingerprint density at radius 1 is 1.26 bits per heavy atom. The predicted octanol–water partition coefficient (Wildman–Crippen LogP) is 2.12. The van der Waals surface area contributed by atoms with Crippen LogP contribution >= 0.6 is 0 Å². The molecule has 5 heteroatoms. The number of Topliss-reactive ketones (excluding diaryl/α,β-unsaturated/α-hetero) is 1. The number of anilines is 1. The lowest BCUT2D eigenvalue weighted by Crippen LogP contribution is -2.41. The van der Waals surface area contributed by atoms with Gasteiger partial charge >= 0.3 is 6.03 Å². The van der Waals surface area contributed by atoms with Gasteiger partial charge in [0.15, 0.2) is 5.78 Å². The molecule has 0 spiro atoms. The van der Waals surface area contributed by atoms with Crippen LogP contribution < -0.4 is 5.32 Å². The van der Waals surface area contributed by atoms with E-state index in [1.54, 1.807) is 45.2 Å². The minimum Gasteiger partial charge on any atom is -0.389 e. The van der Waals surface area contributed by atoms with Crippen LogP contribution in [0.5, 0.6) is 0 Å². The highest BCUT2D eigenvalue weighted by atomic mass is 16.3. The van der Waals surface area contributed by atoms with E-state index in [2.05, 4.69) is 5.32 Å². The van der Waals surface area contributed by atoms with Gasteiger partial charge in [-0.3, -0.25) is 4.79 Å². The molecule has 0 atom stereocenters. The maximum Gasteiger partial charge on any atom is 0.321 e. The number of hydrogen-bond acceptors (Lipinski definition) is 3. The molecule has 1 rings (SSSR count). The molecule has 0 fully saturated rings. The molecule has 0 saturated carbocycles. The molecule has 104 valence electrons. The first-order valence-electron chi connectivity index (χ1n) is 6.04. The van der Waals surface area contributed by atoms with Crippen molar-refractivity contribution < 1.29 is 14.7 Å². The molecule has 0 aromatic heterocycles. The van der Waals surface area contributed by atoms with E-state index in [1.807, 2.05) is 0 Å². The molecule has 0 aliphatic heterocycles. The van der Waals surface area contributed by atoms with Crippen LogP contribution in [0.15, 0.2) is 24.3 Å². The van der Waals surface area contributed by atoms with Crippen molar-refractivity contribution >= 4 is 17.5 Å². The first-order chi connectivity index (χ1) is 8.69. The lowest BCUT2D eigenvalue weighted by atomic mass is 10.1. The van der Waals surface area contributed by atoms with Crippen molar-refractivity contribution in [1.82, 2.24) is 4.90 Å². The van der Waals surface area contributed by atoms with E-state index < -0.39 is 5.60 Å². The normalized spacial score (nSPS) is 11.0. The van der Waals surface area contributed by atoms with Gasteiger partial charge in [-0.1, -0.05) is 0 Å². The predicted molar refractivity (Wildman–Crippen MR) is 74.4 cm³/mol. The third-order valence-corrected chi connectivity index (χ3v) is 2.51. The Bertz CT molecular complexity index is 461. The second-order valence-electron chi connectivity index (χ2n) is 5.23. The second kappa shape index (κ2) is 5.84. The molecule has 2 amide bonds. The van der Waals surface area contributed by atoms with Crippen LogP contribution in [0.3, 0.4) is 0 Å². The highest BCUT2D eigenvalue weighted by molar-refractivity contribution is 5.95. The van der Waals surface area contributed by atoms with Gasteiger partial charge in [-0.15, -0.1) is 0 Å². The number of hydrogen-bond donors (Lipinski definition) is 2. The maximum atomic E-state index is 11.8. The molecule has 0 bridgehead atoms. The molecular formula is C14H20N2O3. The van der Waals surface area contributed by atoms with Crippen molar-refractivity contribution in [3.05, 3.63) is 29.8 Å². The van der Waals surface area contributed by atoms with Gasteiger partial charge in [-0.25, -0.2) is 4.79 Å². The fraction of sp³-hybridized carbons (Fsp3) is 0.429. The van der Waals surface area contributed by atoms with Gasteiger partial charge in [-0.05, 0) is 45.0 Å². The zero-order chi connectivity index (χ0) is 14.6. The fourth-order valence-corrected chi connectivity index (χ4v) is 1.66. The number of likely N-dealkylation sites (N-methyl/N-ethyl adjacent to an activating group) is 1. The monoisotopic (exact) mass is 264 g/mol. The summed E-state index contributed by atoms with van der Waals surface area (Å²) in [6.07, 6.45) is 0. The van der Waals surface area contributed by atoms with Crippen molar-refractivity contribution in [2.24, 2.45) is 0 Å². The van der Waals surface area contributed by atoms with Gasteiger partial charge in [0.25, 0.3) is 0 Å². The van der Waals surface area contributed by atoms with Crippen LogP contribution in [0.1, 0.15) is 31.1 Å². The van der Waals surface area contributed by atoms with E-state index in [1.165, 1.54) is 11.8 Å². The average Bonchev–Trinajstić information content (AvgIpc) is 2.27. The number of rotatable bonds is 4. The van der Waals surface area contributed by atoms with Crippen molar-refractivity contribution in [1.29, 1.82) is 0 Å². The number of amides is 2. The second-order valence-corrected chi connectivity index (χ2v) is 5.23. The van der Waals surface area contributed by atoms with Gasteiger partial charge in [-0.2, -0.15) is 0 Å². The third-order valence-electron chi connectivity index (χ3n) is 2.51. The first-order valence-corrected chi connectivity index (χ1v) is 6.04. The Morgan fingerprint density at radius 2 is 1.79 bits per heavy atom. The molecule has 0 unspecified atom stereocenters. The van der Waals surface area contributed by atoms with E-state index in [0.29, 0.717) is 11.3 Å². The van der Waals surface area contributed by atoms with E-state index in [-0.39, 0.29) is 18.4 Å². The Labute approximate surface area is 113 Å². The minimum atomic E-state index is -0.940. The van der Waals surface area contributed by atoms with Crippen molar-refractivity contribution in [2.45, 2.75) is 26.4 Å². The highest BCUT2D eigenvalue weighted by Gasteiger charge is 2.19. The Hall–Kier alpha value is -1.88. The van der Waals surface area contributed by atoms with Crippen molar-refractivity contribution in [3.8, 4) is 0 Å². The lowest BCUT2D eigenvalue weighted by Gasteiger charge is -2.25. The lowest BCUT2D eigenvalue weighted by molar-refractivity contribution is 0.0550. The molecule has 0 aliphatic carbocycles. The summed E-state index contributed by atoms with van der Waals surface area (Å²) in [4.78, 5) is 24.4. The van der Waals surface area contributed by atoms with E-state index >= 15 is 0 Å². The van der Waals surface area contributed by atoms with E-state index in [0.717, 1.165) is 0 Å². The molecule has 0 saturated heterocycles. The van der Waals surface area contributed by atoms with Gasteiger partial charge < -0.3 is 15.3 Å².